The summed E-state index contributed by atoms with van der Waals surface area (Å²) in [5, 5.41) is 17.2. The molecule has 1 fully saturated rings. The van der Waals surface area contributed by atoms with Crippen LogP contribution in [0.4, 0.5) is 10.3 Å². The van der Waals surface area contributed by atoms with Crippen LogP contribution < -0.4 is 10.9 Å². The fourth-order valence-electron chi connectivity index (χ4n) is 3.45. The van der Waals surface area contributed by atoms with Gasteiger partial charge in [-0.1, -0.05) is 17.7 Å². The van der Waals surface area contributed by atoms with Crippen molar-refractivity contribution in [2.45, 2.75) is 24.9 Å². The number of hydrogen-bond acceptors (Lipinski definition) is 7. The van der Waals surface area contributed by atoms with Gasteiger partial charge in [-0.15, -0.1) is 0 Å². The molecule has 1 aliphatic heterocycles. The molecule has 4 rings (SSSR count). The van der Waals surface area contributed by atoms with Gasteiger partial charge in [0.2, 0.25) is 5.95 Å². The number of aromatic nitrogens is 4. The van der Waals surface area contributed by atoms with Crippen LogP contribution in [0.25, 0.3) is 11.3 Å². The predicted octanol–water partition coefficient (Wildman–Crippen LogP) is 2.67. The molecule has 1 aliphatic rings. The summed E-state index contributed by atoms with van der Waals surface area (Å²) in [6.07, 6.45) is 4.84. The quantitative estimate of drug-likeness (QED) is 0.601. The zero-order chi connectivity index (χ0) is 21.8. The van der Waals surface area contributed by atoms with Crippen LogP contribution in [0, 0.1) is 5.82 Å². The number of aliphatic hydroxyl groups excluding tert-OH is 1. The maximum absolute atomic E-state index is 13.8. The lowest BCUT2D eigenvalue weighted by molar-refractivity contribution is 0.0903. The van der Waals surface area contributed by atoms with Crippen molar-refractivity contribution in [1.82, 2.24) is 19.7 Å². The van der Waals surface area contributed by atoms with Gasteiger partial charge < -0.3 is 15.2 Å². The molecular weight excluding hydrogens is 425 g/mol. The van der Waals surface area contributed by atoms with Gasteiger partial charge in [0.15, 0.2) is 0 Å². The molecule has 1 saturated heterocycles. The largest absolute Gasteiger partial charge is 0.394 e. The molecule has 0 spiro atoms. The minimum absolute atomic E-state index is 0.0370. The lowest BCUT2D eigenvalue weighted by Gasteiger charge is -2.23. The molecule has 8 nitrogen and oxygen atoms in total. The standard InChI is InChI=1S/C21H21ClFN5O3/c22-16-2-1-13(9-17(16)23)19(12-29)28-20(30)10-14(11-25-28)18-3-6-24-21(27-18)26-15-4-7-31-8-5-15/h1-3,6,9-11,15,19,29H,4-5,7-8,12H2,(H,24,26,27)/t19-/m1/s1. The number of rotatable bonds is 6. The van der Waals surface area contributed by atoms with Gasteiger partial charge in [-0.2, -0.15) is 5.10 Å². The highest BCUT2D eigenvalue weighted by molar-refractivity contribution is 6.30. The topological polar surface area (TPSA) is 102 Å². The number of nitrogens with zero attached hydrogens (tertiary/aromatic N) is 4. The lowest BCUT2D eigenvalue weighted by atomic mass is 10.1. The Hall–Kier alpha value is -2.88. The molecule has 2 N–H and O–H groups in total. The van der Waals surface area contributed by atoms with Crippen molar-refractivity contribution < 1.29 is 14.2 Å². The highest BCUT2D eigenvalue weighted by atomic mass is 35.5. The molecule has 1 atom stereocenters. The predicted molar refractivity (Wildman–Crippen MR) is 114 cm³/mol. The highest BCUT2D eigenvalue weighted by Gasteiger charge is 2.18. The zero-order valence-electron chi connectivity index (χ0n) is 16.5. The van der Waals surface area contributed by atoms with Crippen molar-refractivity contribution in [1.29, 1.82) is 0 Å². The second kappa shape index (κ2) is 9.51. The van der Waals surface area contributed by atoms with Crippen LogP contribution in [0.15, 0.2) is 47.5 Å². The van der Waals surface area contributed by atoms with Gasteiger partial charge >= 0.3 is 0 Å². The summed E-state index contributed by atoms with van der Waals surface area (Å²) in [5.41, 5.74) is 0.984. The fraction of sp³-hybridized carbons (Fsp3) is 0.333. The van der Waals surface area contributed by atoms with E-state index in [1.807, 2.05) is 0 Å². The molecule has 3 aromatic rings. The van der Waals surface area contributed by atoms with Crippen LogP contribution in [0.5, 0.6) is 0 Å². The van der Waals surface area contributed by atoms with Gasteiger partial charge in [0, 0.05) is 37.1 Å². The van der Waals surface area contributed by atoms with Crippen molar-refractivity contribution >= 4 is 17.5 Å². The van der Waals surface area contributed by atoms with Crippen LogP contribution in [0.3, 0.4) is 0 Å². The third-order valence-electron chi connectivity index (χ3n) is 5.13. The Kier molecular flexibility index (Phi) is 6.55. The first kappa shape index (κ1) is 21.4. The van der Waals surface area contributed by atoms with E-state index < -0.39 is 24.0 Å². The minimum Gasteiger partial charge on any atom is -0.394 e. The third-order valence-corrected chi connectivity index (χ3v) is 5.43. The Morgan fingerprint density at radius 3 is 2.81 bits per heavy atom. The first-order valence-electron chi connectivity index (χ1n) is 9.87. The van der Waals surface area contributed by atoms with Gasteiger partial charge in [0.1, 0.15) is 11.9 Å². The van der Waals surface area contributed by atoms with E-state index in [0.717, 1.165) is 17.5 Å². The van der Waals surface area contributed by atoms with Crippen molar-refractivity contribution in [3.05, 3.63) is 69.5 Å². The number of benzene rings is 1. The molecule has 1 aromatic carbocycles. The second-order valence-corrected chi connectivity index (χ2v) is 7.60. The molecule has 0 amide bonds. The van der Waals surface area contributed by atoms with E-state index >= 15 is 0 Å². The van der Waals surface area contributed by atoms with Gasteiger partial charge in [-0.3, -0.25) is 4.79 Å². The number of nitrogens with one attached hydrogen (secondary N) is 1. The van der Waals surface area contributed by atoms with E-state index in [9.17, 15) is 14.3 Å². The normalized spacial score (nSPS) is 15.6. The Morgan fingerprint density at radius 2 is 2.10 bits per heavy atom. The van der Waals surface area contributed by atoms with E-state index in [-0.39, 0.29) is 11.1 Å². The smallest absolute Gasteiger partial charge is 0.268 e. The number of ether oxygens (including phenoxy) is 1. The van der Waals surface area contributed by atoms with Gasteiger partial charge in [-0.05, 0) is 36.6 Å². The van der Waals surface area contributed by atoms with Crippen LogP contribution in [0.2, 0.25) is 5.02 Å². The monoisotopic (exact) mass is 445 g/mol. The van der Waals surface area contributed by atoms with Gasteiger partial charge in [-0.25, -0.2) is 19.0 Å². The molecule has 162 valence electrons. The van der Waals surface area contributed by atoms with Crippen molar-refractivity contribution in [2.75, 3.05) is 25.1 Å². The average molecular weight is 446 g/mol. The van der Waals surface area contributed by atoms with Crippen LogP contribution in [-0.4, -0.2) is 50.7 Å². The number of aliphatic hydroxyl groups is 1. The molecular formula is C21H21ClFN5O3. The molecule has 0 unspecified atom stereocenters. The van der Waals surface area contributed by atoms with Crippen molar-refractivity contribution in [3.63, 3.8) is 0 Å². The van der Waals surface area contributed by atoms with Crippen molar-refractivity contribution in [2.24, 2.45) is 0 Å². The molecule has 0 bridgehead atoms. The Bertz CT molecular complexity index is 1120. The maximum Gasteiger partial charge on any atom is 0.268 e. The summed E-state index contributed by atoms with van der Waals surface area (Å²) in [6, 6.07) is 6.57. The van der Waals surface area contributed by atoms with E-state index in [1.165, 1.54) is 24.4 Å². The fourth-order valence-corrected chi connectivity index (χ4v) is 3.57. The van der Waals surface area contributed by atoms with E-state index in [0.29, 0.717) is 36.0 Å². The minimum atomic E-state index is -0.843. The molecule has 10 heteroatoms. The molecule has 2 aromatic heterocycles. The van der Waals surface area contributed by atoms with Crippen molar-refractivity contribution in [3.8, 4) is 11.3 Å². The van der Waals surface area contributed by atoms with E-state index in [1.54, 1.807) is 18.3 Å². The van der Waals surface area contributed by atoms with Gasteiger partial charge in [0.25, 0.3) is 5.56 Å². The van der Waals surface area contributed by atoms with Crippen LogP contribution >= 0.6 is 11.6 Å². The average Bonchev–Trinajstić information content (AvgIpc) is 2.78. The Labute approximate surface area is 182 Å². The lowest BCUT2D eigenvalue weighted by Crippen LogP contribution is -2.30. The number of anilines is 1. The van der Waals surface area contributed by atoms with Gasteiger partial charge in [0.05, 0.1) is 23.5 Å². The van der Waals surface area contributed by atoms with E-state index in [2.05, 4.69) is 20.4 Å². The molecule has 0 aliphatic carbocycles. The summed E-state index contributed by atoms with van der Waals surface area (Å²) in [6.45, 7) is 0.964. The number of hydrogen-bond donors (Lipinski definition) is 2. The molecule has 0 saturated carbocycles. The third kappa shape index (κ3) is 4.90. The first-order chi connectivity index (χ1) is 15.0. The second-order valence-electron chi connectivity index (χ2n) is 7.20. The number of halogens is 2. The summed E-state index contributed by atoms with van der Waals surface area (Å²) < 4.78 is 20.3. The summed E-state index contributed by atoms with van der Waals surface area (Å²) in [5.74, 6) is -0.161. The maximum atomic E-state index is 13.8. The Balaban J connectivity index is 1.59. The molecule has 0 radical (unpaired) electrons. The summed E-state index contributed by atoms with van der Waals surface area (Å²) in [7, 11) is 0. The summed E-state index contributed by atoms with van der Waals surface area (Å²) in [4.78, 5) is 21.5. The Morgan fingerprint density at radius 1 is 1.29 bits per heavy atom. The van der Waals surface area contributed by atoms with E-state index in [4.69, 9.17) is 16.3 Å². The zero-order valence-corrected chi connectivity index (χ0v) is 17.3. The SMILES string of the molecule is O=c1cc(-c2ccnc(NC3CCOCC3)n2)cnn1[C@H](CO)c1ccc(Cl)c(F)c1. The first-order valence-corrected chi connectivity index (χ1v) is 10.3. The van der Waals surface area contributed by atoms with Crippen LogP contribution in [-0.2, 0) is 4.74 Å². The molecule has 3 heterocycles. The van der Waals surface area contributed by atoms with Crippen LogP contribution in [0.1, 0.15) is 24.4 Å². The molecule has 31 heavy (non-hydrogen) atoms. The highest BCUT2D eigenvalue weighted by Crippen LogP contribution is 2.23. The summed E-state index contributed by atoms with van der Waals surface area (Å²) >= 11 is 5.72.